The molecule has 0 saturated heterocycles. The Bertz CT molecular complexity index is 802. The SMILES string of the molecule is C=CC(=O)OC(CC[N+](C)(C)CC1CCC(C[N+](C)(C)C(C)C)CC1)CC[N+](C)(C)CC1CCC(C[N+](C)(C)C(C)C)CC1. The van der Waals surface area contributed by atoms with Gasteiger partial charge in [0.2, 0.25) is 0 Å². The molecule has 2 aliphatic carbocycles. The van der Waals surface area contributed by atoms with Crippen molar-refractivity contribution in [2.24, 2.45) is 23.7 Å². The molecule has 0 heterocycles. The largest absolute Gasteiger partial charge is 0.459 e. The number of nitrogens with zero attached hydrogens (tertiary/aromatic N) is 4. The zero-order valence-electron chi connectivity index (χ0n) is 31.7. The Kier molecular flexibility index (Phi) is 14.9. The Morgan fingerprint density at radius 2 is 0.909 bits per heavy atom. The van der Waals surface area contributed by atoms with Gasteiger partial charge in [-0.2, -0.15) is 0 Å². The maximum absolute atomic E-state index is 12.3. The van der Waals surface area contributed by atoms with Crippen LogP contribution in [0.5, 0.6) is 0 Å². The van der Waals surface area contributed by atoms with Gasteiger partial charge in [0.25, 0.3) is 0 Å². The van der Waals surface area contributed by atoms with Gasteiger partial charge in [0.05, 0.1) is 108 Å². The van der Waals surface area contributed by atoms with Crippen LogP contribution < -0.4 is 0 Å². The van der Waals surface area contributed by atoms with E-state index in [2.05, 4.69) is 90.7 Å². The van der Waals surface area contributed by atoms with Crippen molar-refractivity contribution in [1.82, 2.24) is 0 Å². The maximum atomic E-state index is 12.3. The van der Waals surface area contributed by atoms with Gasteiger partial charge in [0.1, 0.15) is 6.10 Å². The summed E-state index contributed by atoms with van der Waals surface area (Å²) < 4.78 is 10.2. The molecule has 2 fully saturated rings. The van der Waals surface area contributed by atoms with E-state index < -0.39 is 0 Å². The number of rotatable bonds is 18. The van der Waals surface area contributed by atoms with Gasteiger partial charge >= 0.3 is 5.97 Å². The van der Waals surface area contributed by atoms with E-state index in [0.29, 0.717) is 12.1 Å². The molecule has 2 aliphatic rings. The number of hydrogen-bond donors (Lipinski definition) is 0. The lowest BCUT2D eigenvalue weighted by Gasteiger charge is -2.41. The molecule has 2 saturated carbocycles. The standard InChI is InChI=1S/C38H78N4O2/c1-14-38(43)44-37(23-25-39(6,7)27-33-15-19-35(20-16-33)29-41(10,11)31(2)3)24-26-40(8,9)28-34-17-21-36(22-18-34)30-42(12,13)32(4)5/h14,31-37H,1,15-30H2,2-13H3/q+4. The van der Waals surface area contributed by atoms with Crippen molar-refractivity contribution in [3.8, 4) is 0 Å². The summed E-state index contributed by atoms with van der Waals surface area (Å²) >= 11 is 0. The molecule has 0 aromatic rings. The first-order valence-corrected chi connectivity index (χ1v) is 18.4. The van der Waals surface area contributed by atoms with Crippen LogP contribution in [0.3, 0.4) is 0 Å². The van der Waals surface area contributed by atoms with Crippen molar-refractivity contribution >= 4 is 5.97 Å². The van der Waals surface area contributed by atoms with Gasteiger partial charge in [-0.1, -0.05) is 6.58 Å². The van der Waals surface area contributed by atoms with Crippen LogP contribution in [0, 0.1) is 23.7 Å². The first-order valence-electron chi connectivity index (χ1n) is 18.4. The smallest absolute Gasteiger partial charge is 0.330 e. The fourth-order valence-electron chi connectivity index (χ4n) is 7.99. The number of hydrogen-bond acceptors (Lipinski definition) is 2. The van der Waals surface area contributed by atoms with Crippen LogP contribution in [0.1, 0.15) is 91.9 Å². The summed E-state index contributed by atoms with van der Waals surface area (Å²) in [5.41, 5.74) is 0. The third-order valence-corrected chi connectivity index (χ3v) is 12.3. The molecule has 0 unspecified atom stereocenters. The summed E-state index contributed by atoms with van der Waals surface area (Å²) in [7, 11) is 19.1. The molecule has 0 spiro atoms. The van der Waals surface area contributed by atoms with Gasteiger partial charge in [0, 0.05) is 42.6 Å². The van der Waals surface area contributed by atoms with Crippen molar-refractivity contribution < 1.29 is 27.5 Å². The third kappa shape index (κ3) is 13.8. The second-order valence-electron chi connectivity index (χ2n) is 18.4. The molecular weight excluding hydrogens is 544 g/mol. The van der Waals surface area contributed by atoms with Crippen LogP contribution in [0.4, 0.5) is 0 Å². The highest BCUT2D eigenvalue weighted by Crippen LogP contribution is 2.33. The second-order valence-corrected chi connectivity index (χ2v) is 18.4. The van der Waals surface area contributed by atoms with E-state index in [9.17, 15) is 4.79 Å². The molecule has 44 heavy (non-hydrogen) atoms. The van der Waals surface area contributed by atoms with E-state index in [1.165, 1.54) is 83.6 Å². The quantitative estimate of drug-likeness (QED) is 0.0979. The van der Waals surface area contributed by atoms with Crippen LogP contribution in [0.2, 0.25) is 0 Å². The lowest BCUT2D eigenvalue weighted by Crippen LogP contribution is -2.50. The number of carbonyl (C=O) groups is 1. The molecule has 6 heteroatoms. The zero-order chi connectivity index (χ0) is 33.3. The first-order chi connectivity index (χ1) is 20.2. The van der Waals surface area contributed by atoms with Gasteiger partial charge < -0.3 is 22.7 Å². The predicted octanol–water partition coefficient (Wildman–Crippen LogP) is 6.60. The Labute approximate surface area is 275 Å². The van der Waals surface area contributed by atoms with Gasteiger partial charge in [-0.05, 0) is 79.1 Å². The van der Waals surface area contributed by atoms with Gasteiger partial charge in [-0.25, -0.2) is 4.79 Å². The van der Waals surface area contributed by atoms with E-state index in [0.717, 1.165) is 67.5 Å². The number of ether oxygens (including phenoxy) is 1. The molecule has 0 radical (unpaired) electrons. The highest BCUT2D eigenvalue weighted by molar-refractivity contribution is 5.81. The van der Waals surface area contributed by atoms with Gasteiger partial charge in [-0.3, -0.25) is 0 Å². The average Bonchev–Trinajstić information content (AvgIpc) is 2.91. The minimum atomic E-state index is -0.271. The lowest BCUT2D eigenvalue weighted by molar-refractivity contribution is -0.914. The Morgan fingerprint density at radius 3 is 1.18 bits per heavy atom. The van der Waals surface area contributed by atoms with E-state index in [4.69, 9.17) is 4.74 Å². The molecule has 2 rings (SSSR count). The van der Waals surface area contributed by atoms with Crippen LogP contribution in [-0.2, 0) is 9.53 Å². The molecule has 0 atom stereocenters. The number of carbonyl (C=O) groups excluding carboxylic acids is 1. The van der Waals surface area contributed by atoms with Crippen molar-refractivity contribution in [2.45, 2.75) is 110 Å². The van der Waals surface area contributed by atoms with Crippen molar-refractivity contribution in [3.63, 3.8) is 0 Å². The summed E-state index contributed by atoms with van der Waals surface area (Å²) in [6.45, 7) is 20.3. The van der Waals surface area contributed by atoms with Crippen LogP contribution in [0.25, 0.3) is 0 Å². The van der Waals surface area contributed by atoms with E-state index >= 15 is 0 Å². The van der Waals surface area contributed by atoms with E-state index in [1.54, 1.807) is 0 Å². The summed E-state index contributed by atoms with van der Waals surface area (Å²) in [6.07, 6.45) is 14.1. The first kappa shape index (κ1) is 39.2. The van der Waals surface area contributed by atoms with Crippen molar-refractivity contribution in [2.75, 3.05) is 95.6 Å². The highest BCUT2D eigenvalue weighted by atomic mass is 16.5. The van der Waals surface area contributed by atoms with Crippen LogP contribution in [-0.4, -0.2) is 138 Å². The Morgan fingerprint density at radius 1 is 0.614 bits per heavy atom. The summed E-state index contributed by atoms with van der Waals surface area (Å²) in [6, 6.07) is 1.37. The minimum Gasteiger partial charge on any atom is -0.459 e. The van der Waals surface area contributed by atoms with Crippen LogP contribution >= 0.6 is 0 Å². The summed E-state index contributed by atoms with van der Waals surface area (Å²) in [4.78, 5) is 12.3. The molecule has 6 nitrogen and oxygen atoms in total. The normalized spacial score (nSPS) is 24.9. The summed E-state index contributed by atoms with van der Waals surface area (Å²) in [5.74, 6) is 3.09. The van der Waals surface area contributed by atoms with E-state index in [1.807, 2.05) is 0 Å². The Balaban J connectivity index is 1.82. The molecule has 0 aliphatic heterocycles. The maximum Gasteiger partial charge on any atom is 0.330 e. The topological polar surface area (TPSA) is 26.3 Å². The number of esters is 1. The van der Waals surface area contributed by atoms with Crippen molar-refractivity contribution in [3.05, 3.63) is 12.7 Å². The molecule has 0 bridgehead atoms. The fraction of sp³-hybridized carbons (Fsp3) is 0.921. The van der Waals surface area contributed by atoms with Crippen molar-refractivity contribution in [1.29, 1.82) is 0 Å². The molecule has 258 valence electrons. The fourth-order valence-corrected chi connectivity index (χ4v) is 7.99. The molecule has 0 amide bonds. The summed E-state index contributed by atoms with van der Waals surface area (Å²) in [5, 5.41) is 0. The zero-order valence-corrected chi connectivity index (χ0v) is 31.7. The molecule has 0 aromatic carbocycles. The Hall–Kier alpha value is -0.950. The van der Waals surface area contributed by atoms with E-state index in [-0.39, 0.29) is 12.1 Å². The molecule has 0 aromatic heterocycles. The third-order valence-electron chi connectivity index (χ3n) is 12.3. The highest BCUT2D eigenvalue weighted by Gasteiger charge is 2.34. The van der Waals surface area contributed by atoms with Crippen LogP contribution in [0.15, 0.2) is 12.7 Å². The molecule has 0 N–H and O–H groups in total. The lowest BCUT2D eigenvalue weighted by atomic mass is 9.80. The van der Waals surface area contributed by atoms with Gasteiger partial charge in [0.15, 0.2) is 0 Å². The second kappa shape index (κ2) is 16.7. The molecular formula is C38H78N4O2+4. The minimum absolute atomic E-state index is 0.0335. The predicted molar refractivity (Wildman–Crippen MR) is 188 cm³/mol. The number of quaternary nitrogens is 4. The monoisotopic (exact) mass is 623 g/mol. The average molecular weight is 623 g/mol. The van der Waals surface area contributed by atoms with Gasteiger partial charge in [-0.15, -0.1) is 0 Å².